The van der Waals surface area contributed by atoms with Gasteiger partial charge in [0.15, 0.2) is 4.32 Å². The quantitative estimate of drug-likeness (QED) is 0.547. The second kappa shape index (κ2) is 6.87. The number of anilines is 1. The van der Waals surface area contributed by atoms with Crippen LogP contribution in [0, 0.1) is 0 Å². The summed E-state index contributed by atoms with van der Waals surface area (Å²) < 4.78 is 0.536. The standard InChI is InChI=1S/C18H14ClNOS2/c1-2-12-3-5-13(6-4-12)11-16-17(21)20(18(22)23-16)15-9-7-14(19)8-10-15/h3-11H,2H2,1H3/b16-11+. The lowest BCUT2D eigenvalue weighted by Gasteiger charge is -2.14. The number of benzene rings is 2. The lowest BCUT2D eigenvalue weighted by atomic mass is 10.1. The fourth-order valence-corrected chi connectivity index (χ4v) is 3.71. The third-order valence-corrected chi connectivity index (χ3v) is 5.12. The van der Waals surface area contributed by atoms with Crippen molar-refractivity contribution < 1.29 is 4.79 Å². The van der Waals surface area contributed by atoms with Gasteiger partial charge in [0.1, 0.15) is 0 Å². The summed E-state index contributed by atoms with van der Waals surface area (Å²) in [5.41, 5.74) is 3.01. The summed E-state index contributed by atoms with van der Waals surface area (Å²) in [7, 11) is 0. The Hall–Kier alpha value is -1.62. The molecular weight excluding hydrogens is 346 g/mol. The van der Waals surface area contributed by atoms with Crippen LogP contribution in [0.4, 0.5) is 5.69 Å². The summed E-state index contributed by atoms with van der Waals surface area (Å²) in [6.07, 6.45) is 2.88. The van der Waals surface area contributed by atoms with E-state index in [-0.39, 0.29) is 5.91 Å². The van der Waals surface area contributed by atoms with Gasteiger partial charge in [0.25, 0.3) is 5.91 Å². The van der Waals surface area contributed by atoms with E-state index in [0.717, 1.165) is 17.7 Å². The van der Waals surface area contributed by atoms with Crippen molar-refractivity contribution in [2.24, 2.45) is 0 Å². The van der Waals surface area contributed by atoms with Crippen LogP contribution in [0.1, 0.15) is 18.1 Å². The molecule has 1 aliphatic heterocycles. The maximum Gasteiger partial charge on any atom is 0.270 e. The van der Waals surface area contributed by atoms with Crippen LogP contribution >= 0.6 is 35.6 Å². The van der Waals surface area contributed by atoms with Gasteiger partial charge < -0.3 is 0 Å². The summed E-state index contributed by atoms with van der Waals surface area (Å²) in [6.45, 7) is 2.12. The van der Waals surface area contributed by atoms with Crippen molar-refractivity contribution in [1.82, 2.24) is 0 Å². The number of carbonyl (C=O) groups excluding carboxylic acids is 1. The fraction of sp³-hybridized carbons (Fsp3) is 0.111. The van der Waals surface area contributed by atoms with E-state index in [2.05, 4.69) is 19.1 Å². The highest BCUT2D eigenvalue weighted by Crippen LogP contribution is 2.36. The van der Waals surface area contributed by atoms with Gasteiger partial charge in [-0.3, -0.25) is 9.69 Å². The van der Waals surface area contributed by atoms with Crippen LogP contribution in [-0.4, -0.2) is 10.2 Å². The van der Waals surface area contributed by atoms with Gasteiger partial charge in [0, 0.05) is 5.02 Å². The van der Waals surface area contributed by atoms with Crippen molar-refractivity contribution in [2.45, 2.75) is 13.3 Å². The molecule has 116 valence electrons. The zero-order valence-corrected chi connectivity index (χ0v) is 14.8. The minimum atomic E-state index is -0.0955. The van der Waals surface area contributed by atoms with Crippen molar-refractivity contribution in [2.75, 3.05) is 4.90 Å². The Bertz CT molecular complexity index is 782. The Morgan fingerprint density at radius 2 is 1.78 bits per heavy atom. The van der Waals surface area contributed by atoms with Gasteiger partial charge in [0.2, 0.25) is 0 Å². The monoisotopic (exact) mass is 359 g/mol. The number of thioether (sulfide) groups is 1. The van der Waals surface area contributed by atoms with Crippen molar-refractivity contribution in [3.05, 3.63) is 69.6 Å². The van der Waals surface area contributed by atoms with Crippen molar-refractivity contribution >= 4 is 57.6 Å². The van der Waals surface area contributed by atoms with Crippen LogP contribution in [0.15, 0.2) is 53.4 Å². The topological polar surface area (TPSA) is 20.3 Å². The number of amides is 1. The normalized spacial score (nSPS) is 16.4. The van der Waals surface area contributed by atoms with Gasteiger partial charge in [-0.15, -0.1) is 0 Å². The molecule has 0 radical (unpaired) electrons. The Balaban J connectivity index is 1.88. The van der Waals surface area contributed by atoms with Crippen LogP contribution < -0.4 is 4.90 Å². The summed E-state index contributed by atoms with van der Waals surface area (Å²) in [5, 5.41) is 0.630. The zero-order valence-electron chi connectivity index (χ0n) is 12.5. The van der Waals surface area contributed by atoms with E-state index >= 15 is 0 Å². The van der Waals surface area contributed by atoms with Gasteiger partial charge in [0.05, 0.1) is 10.6 Å². The predicted molar refractivity (Wildman–Crippen MR) is 103 cm³/mol. The van der Waals surface area contributed by atoms with E-state index in [1.807, 2.05) is 18.2 Å². The molecule has 0 aliphatic carbocycles. The maximum absolute atomic E-state index is 12.6. The largest absolute Gasteiger partial charge is 0.270 e. The lowest BCUT2D eigenvalue weighted by molar-refractivity contribution is -0.113. The molecule has 0 unspecified atom stereocenters. The first-order chi connectivity index (χ1) is 11.1. The first-order valence-electron chi connectivity index (χ1n) is 7.21. The SMILES string of the molecule is CCc1ccc(/C=C2/SC(=S)N(c3ccc(Cl)cc3)C2=O)cc1. The summed E-state index contributed by atoms with van der Waals surface area (Å²) in [4.78, 5) is 14.8. The minimum Gasteiger partial charge on any atom is -0.268 e. The molecule has 2 aromatic rings. The van der Waals surface area contributed by atoms with Gasteiger partial charge in [-0.05, 0) is 47.9 Å². The highest BCUT2D eigenvalue weighted by molar-refractivity contribution is 8.27. The molecule has 23 heavy (non-hydrogen) atoms. The average molecular weight is 360 g/mol. The molecule has 0 N–H and O–H groups in total. The van der Waals surface area contributed by atoms with Crippen molar-refractivity contribution in [1.29, 1.82) is 0 Å². The highest BCUT2D eigenvalue weighted by Gasteiger charge is 2.33. The first-order valence-corrected chi connectivity index (χ1v) is 8.81. The highest BCUT2D eigenvalue weighted by atomic mass is 35.5. The van der Waals surface area contributed by atoms with E-state index in [4.69, 9.17) is 23.8 Å². The summed E-state index contributed by atoms with van der Waals surface area (Å²) in [5.74, 6) is -0.0955. The van der Waals surface area contributed by atoms with E-state index in [9.17, 15) is 4.79 Å². The molecule has 0 saturated carbocycles. The number of nitrogens with zero attached hydrogens (tertiary/aromatic N) is 1. The van der Waals surface area contributed by atoms with Gasteiger partial charge in [-0.2, -0.15) is 0 Å². The zero-order chi connectivity index (χ0) is 16.4. The first kappa shape index (κ1) is 16.2. The number of hydrogen-bond donors (Lipinski definition) is 0. The fourth-order valence-electron chi connectivity index (χ4n) is 2.28. The second-order valence-corrected chi connectivity index (χ2v) is 7.20. The van der Waals surface area contributed by atoms with E-state index in [0.29, 0.717) is 14.2 Å². The number of rotatable bonds is 3. The minimum absolute atomic E-state index is 0.0955. The maximum atomic E-state index is 12.6. The second-order valence-electron chi connectivity index (χ2n) is 5.09. The molecule has 1 aliphatic rings. The molecule has 0 bridgehead atoms. The number of thiocarbonyl (C=S) groups is 1. The van der Waals surface area contributed by atoms with Crippen LogP contribution in [0.5, 0.6) is 0 Å². The third kappa shape index (κ3) is 3.50. The summed E-state index contributed by atoms with van der Waals surface area (Å²) >= 11 is 12.6. The Labute approximate surface area is 150 Å². The van der Waals surface area contributed by atoms with Crippen LogP contribution in [0.25, 0.3) is 6.08 Å². The molecule has 1 saturated heterocycles. The average Bonchev–Trinajstić information content (AvgIpc) is 2.83. The Kier molecular flexibility index (Phi) is 4.85. The molecule has 2 nitrogen and oxygen atoms in total. The van der Waals surface area contributed by atoms with E-state index in [1.54, 1.807) is 29.2 Å². The van der Waals surface area contributed by atoms with Crippen molar-refractivity contribution in [3.63, 3.8) is 0 Å². The van der Waals surface area contributed by atoms with E-state index in [1.165, 1.54) is 17.3 Å². The predicted octanol–water partition coefficient (Wildman–Crippen LogP) is 5.31. The van der Waals surface area contributed by atoms with Crippen LogP contribution in [-0.2, 0) is 11.2 Å². The lowest BCUT2D eigenvalue weighted by Crippen LogP contribution is -2.27. The van der Waals surface area contributed by atoms with Gasteiger partial charge in [-0.1, -0.05) is 66.8 Å². The Morgan fingerprint density at radius 3 is 2.39 bits per heavy atom. The Morgan fingerprint density at radius 1 is 1.13 bits per heavy atom. The molecule has 1 amide bonds. The molecule has 0 spiro atoms. The van der Waals surface area contributed by atoms with Crippen LogP contribution in [0.3, 0.4) is 0 Å². The number of hydrogen-bond acceptors (Lipinski definition) is 3. The molecule has 3 rings (SSSR count). The van der Waals surface area contributed by atoms with Crippen molar-refractivity contribution in [3.8, 4) is 0 Å². The molecular formula is C18H14ClNOS2. The third-order valence-electron chi connectivity index (χ3n) is 3.56. The molecule has 0 atom stereocenters. The summed E-state index contributed by atoms with van der Waals surface area (Å²) in [6, 6.07) is 15.3. The molecule has 2 aromatic carbocycles. The van der Waals surface area contributed by atoms with E-state index < -0.39 is 0 Å². The number of carbonyl (C=O) groups is 1. The smallest absolute Gasteiger partial charge is 0.268 e. The number of halogens is 1. The molecule has 1 fully saturated rings. The van der Waals surface area contributed by atoms with Gasteiger partial charge >= 0.3 is 0 Å². The van der Waals surface area contributed by atoms with Crippen LogP contribution in [0.2, 0.25) is 5.02 Å². The molecule has 1 heterocycles. The molecule has 0 aromatic heterocycles. The number of aryl methyl sites for hydroxylation is 1. The molecule has 5 heteroatoms. The van der Waals surface area contributed by atoms with Gasteiger partial charge in [-0.25, -0.2) is 0 Å².